The van der Waals surface area contributed by atoms with Crippen LogP contribution < -0.4 is 10.2 Å². The summed E-state index contributed by atoms with van der Waals surface area (Å²) in [5.74, 6) is -0.721. The van der Waals surface area contributed by atoms with E-state index in [9.17, 15) is 23.1 Å². The minimum atomic E-state index is -5.10. The number of halogens is 3. The van der Waals surface area contributed by atoms with Gasteiger partial charge >= 0.3 is 12.1 Å². The molecule has 6 nitrogen and oxygen atoms in total. The maximum Gasteiger partial charge on any atom is 0.442 e. The Morgan fingerprint density at radius 1 is 1.17 bits per heavy atom. The number of hydrazine groups is 1. The third kappa shape index (κ3) is 3.48. The number of ether oxygens (including phenoxy) is 1. The molecule has 1 aromatic heterocycles. The maximum atomic E-state index is 13.3. The largest absolute Gasteiger partial charge is 0.486 e. The summed E-state index contributed by atoms with van der Waals surface area (Å²) in [6.45, 7) is 1.27. The summed E-state index contributed by atoms with van der Waals surface area (Å²) in [6, 6.07) is 15.9. The number of aliphatic hydroxyl groups is 1. The van der Waals surface area contributed by atoms with Gasteiger partial charge in [0.2, 0.25) is 0 Å². The lowest BCUT2D eigenvalue weighted by Gasteiger charge is -2.33. The molecule has 0 spiro atoms. The highest BCUT2D eigenvalue weighted by molar-refractivity contribution is 5.92. The average Bonchev–Trinajstić information content (AvgIpc) is 3.30. The summed E-state index contributed by atoms with van der Waals surface area (Å²) in [6.07, 6.45) is -4.57. The minimum Gasteiger partial charge on any atom is -0.486 e. The number of hydrogen-bond donors (Lipinski definition) is 2. The summed E-state index contributed by atoms with van der Waals surface area (Å²) in [7, 11) is 0. The molecule has 2 N–H and O–H groups in total. The third-order valence-electron chi connectivity index (χ3n) is 4.64. The van der Waals surface area contributed by atoms with Crippen molar-refractivity contribution in [2.75, 3.05) is 0 Å². The molecule has 30 heavy (non-hydrogen) atoms. The number of carbonyl (C=O) groups excluding carboxylic acids is 1. The number of nitrogens with zero attached hydrogens (tertiary/aromatic N) is 1. The van der Waals surface area contributed by atoms with Crippen LogP contribution >= 0.6 is 0 Å². The molecule has 3 aromatic rings. The zero-order valence-electron chi connectivity index (χ0n) is 15.7. The highest BCUT2D eigenvalue weighted by Crippen LogP contribution is 2.38. The quantitative estimate of drug-likeness (QED) is 0.667. The molecule has 2 heterocycles. The van der Waals surface area contributed by atoms with Gasteiger partial charge in [0.1, 0.15) is 18.1 Å². The van der Waals surface area contributed by atoms with E-state index in [2.05, 4.69) is 5.43 Å². The molecule has 1 atom stereocenters. The molecule has 1 amide bonds. The van der Waals surface area contributed by atoms with Gasteiger partial charge in [-0.15, -0.1) is 0 Å². The van der Waals surface area contributed by atoms with Gasteiger partial charge < -0.3 is 14.3 Å². The van der Waals surface area contributed by atoms with Gasteiger partial charge in [-0.3, -0.25) is 10.2 Å². The molecular weight excluding hydrogens is 401 g/mol. The first-order valence-corrected chi connectivity index (χ1v) is 8.97. The van der Waals surface area contributed by atoms with Gasteiger partial charge in [0.05, 0.1) is 0 Å². The molecule has 4 rings (SSSR count). The van der Waals surface area contributed by atoms with Gasteiger partial charge in [0.25, 0.3) is 5.72 Å². The first kappa shape index (κ1) is 19.8. The summed E-state index contributed by atoms with van der Waals surface area (Å²) < 4.78 is 50.9. The van der Waals surface area contributed by atoms with E-state index in [1.54, 1.807) is 6.07 Å². The van der Waals surface area contributed by atoms with E-state index in [0.29, 0.717) is 11.8 Å². The van der Waals surface area contributed by atoms with Crippen molar-refractivity contribution in [3.63, 3.8) is 0 Å². The van der Waals surface area contributed by atoms with Crippen LogP contribution in [0.2, 0.25) is 0 Å². The Hall–Kier alpha value is -3.46. The molecule has 0 radical (unpaired) electrons. The van der Waals surface area contributed by atoms with E-state index >= 15 is 0 Å². The second kappa shape index (κ2) is 7.10. The number of furan rings is 1. The number of benzene rings is 2. The molecule has 0 fully saturated rings. The zero-order valence-corrected chi connectivity index (χ0v) is 15.7. The molecular formula is C21H17F3N2O4. The first-order valence-electron chi connectivity index (χ1n) is 8.97. The van der Waals surface area contributed by atoms with E-state index < -0.39 is 17.8 Å². The normalized spacial score (nSPS) is 19.0. The summed E-state index contributed by atoms with van der Waals surface area (Å²) in [4.78, 5) is 12.5. The fraction of sp³-hybridized carbons (Fsp3) is 0.190. The van der Waals surface area contributed by atoms with Crippen molar-refractivity contribution < 1.29 is 32.2 Å². The van der Waals surface area contributed by atoms with Crippen LogP contribution in [-0.2, 0) is 6.61 Å². The molecule has 156 valence electrons. The molecule has 9 heteroatoms. The van der Waals surface area contributed by atoms with Crippen molar-refractivity contribution >= 4 is 16.7 Å². The van der Waals surface area contributed by atoms with Gasteiger partial charge in [-0.2, -0.15) is 13.2 Å². The highest BCUT2D eigenvalue weighted by Gasteiger charge is 2.61. The number of rotatable bonds is 4. The standard InChI is InChI=1S/C21H17F3N2O4/c1-13-11-20(28,21(22,23)24)26(25-13)19(27)18-9-8-17(30-18)12-29-16-7-6-14-4-2-3-5-15(14)10-16/h2-11,25,28H,12H2,1H3. The van der Waals surface area contributed by atoms with Crippen molar-refractivity contribution in [1.29, 1.82) is 0 Å². The molecule has 0 aliphatic carbocycles. The number of fused-ring (bicyclic) bond motifs is 1. The van der Waals surface area contributed by atoms with Crippen molar-refractivity contribution in [3.8, 4) is 5.75 Å². The molecule has 2 aromatic carbocycles. The smallest absolute Gasteiger partial charge is 0.442 e. The number of alkyl halides is 3. The predicted molar refractivity (Wildman–Crippen MR) is 101 cm³/mol. The van der Waals surface area contributed by atoms with E-state index in [1.807, 2.05) is 36.4 Å². The number of allylic oxidation sites excluding steroid dienone is 1. The summed E-state index contributed by atoms with van der Waals surface area (Å²) >= 11 is 0. The van der Waals surface area contributed by atoms with E-state index in [4.69, 9.17) is 9.15 Å². The van der Waals surface area contributed by atoms with E-state index in [1.165, 1.54) is 19.1 Å². The maximum absolute atomic E-state index is 13.3. The zero-order chi connectivity index (χ0) is 21.5. The minimum absolute atomic E-state index is 0.0189. The first-order chi connectivity index (χ1) is 14.2. The van der Waals surface area contributed by atoms with Crippen LogP contribution in [-0.4, -0.2) is 27.9 Å². The van der Waals surface area contributed by atoms with Gasteiger partial charge in [-0.05, 0) is 48.0 Å². The lowest BCUT2D eigenvalue weighted by Crippen LogP contribution is -2.60. The van der Waals surface area contributed by atoms with Crippen LogP contribution in [0.15, 0.2) is 70.8 Å². The Labute approximate surface area is 169 Å². The Balaban J connectivity index is 1.47. The lowest BCUT2D eigenvalue weighted by atomic mass is 10.1. The molecule has 0 saturated carbocycles. The molecule has 1 unspecified atom stereocenters. The predicted octanol–water partition coefficient (Wildman–Crippen LogP) is 4.13. The Morgan fingerprint density at radius 2 is 1.90 bits per heavy atom. The second-order valence-corrected chi connectivity index (χ2v) is 6.87. The monoisotopic (exact) mass is 418 g/mol. The van der Waals surface area contributed by atoms with Crippen LogP contribution in [0.1, 0.15) is 23.2 Å². The second-order valence-electron chi connectivity index (χ2n) is 6.87. The van der Waals surface area contributed by atoms with Crippen LogP contribution in [0.5, 0.6) is 5.75 Å². The third-order valence-corrected chi connectivity index (χ3v) is 4.64. The fourth-order valence-electron chi connectivity index (χ4n) is 3.17. The Kier molecular flexibility index (Phi) is 4.70. The van der Waals surface area contributed by atoms with Crippen LogP contribution in [0.4, 0.5) is 13.2 Å². The number of hydrogen-bond acceptors (Lipinski definition) is 5. The Morgan fingerprint density at radius 3 is 2.63 bits per heavy atom. The van der Waals surface area contributed by atoms with Crippen LogP contribution in [0, 0.1) is 0 Å². The summed E-state index contributed by atoms with van der Waals surface area (Å²) in [5, 5.41) is 12.1. The van der Waals surface area contributed by atoms with Crippen LogP contribution in [0.3, 0.4) is 0 Å². The average molecular weight is 418 g/mol. The van der Waals surface area contributed by atoms with Crippen molar-refractivity contribution in [2.45, 2.75) is 25.4 Å². The van der Waals surface area contributed by atoms with Gasteiger partial charge in [0.15, 0.2) is 5.76 Å². The topological polar surface area (TPSA) is 74.9 Å². The number of amides is 1. The van der Waals surface area contributed by atoms with Crippen molar-refractivity contribution in [1.82, 2.24) is 10.4 Å². The molecule has 0 bridgehead atoms. The van der Waals surface area contributed by atoms with Crippen molar-refractivity contribution in [2.24, 2.45) is 0 Å². The fourth-order valence-corrected chi connectivity index (χ4v) is 3.17. The lowest BCUT2D eigenvalue weighted by molar-refractivity contribution is -0.283. The van der Waals surface area contributed by atoms with Crippen LogP contribution in [0.25, 0.3) is 10.8 Å². The summed E-state index contributed by atoms with van der Waals surface area (Å²) in [5.41, 5.74) is -1.27. The molecule has 0 saturated heterocycles. The van der Waals surface area contributed by atoms with Crippen molar-refractivity contribution in [3.05, 3.63) is 77.9 Å². The number of nitrogens with one attached hydrogen (secondary N) is 1. The van der Waals surface area contributed by atoms with Gasteiger partial charge in [0, 0.05) is 5.70 Å². The highest BCUT2D eigenvalue weighted by atomic mass is 19.4. The van der Waals surface area contributed by atoms with E-state index in [0.717, 1.165) is 10.8 Å². The van der Waals surface area contributed by atoms with Gasteiger partial charge in [-0.1, -0.05) is 30.3 Å². The SMILES string of the molecule is CC1=CC(O)(C(F)(F)F)N(C(=O)c2ccc(COc3ccc4ccccc4c3)o2)N1. The number of carbonyl (C=O) groups is 1. The Bertz CT molecular complexity index is 1140. The molecule has 1 aliphatic rings. The van der Waals surface area contributed by atoms with E-state index in [-0.39, 0.29) is 28.8 Å². The van der Waals surface area contributed by atoms with Gasteiger partial charge in [-0.25, -0.2) is 5.01 Å². The molecule has 1 aliphatic heterocycles.